The summed E-state index contributed by atoms with van der Waals surface area (Å²) in [6, 6.07) is 37.7. The molecule has 0 unspecified atom stereocenters. The first kappa shape index (κ1) is 17.7. The molecule has 0 saturated heterocycles. The number of benzene rings is 4. The largest absolute Gasteiger partial charge is 0.130 e. The van der Waals surface area contributed by atoms with Crippen LogP contribution in [0.25, 0.3) is 33.4 Å². The minimum atomic E-state index is -0.251. The van der Waals surface area contributed by atoms with Gasteiger partial charge in [0.15, 0.2) is 0 Å². The lowest BCUT2D eigenvalue weighted by molar-refractivity contribution is 0.811. The maximum absolute atomic E-state index is 3.96. The first-order valence-electron chi connectivity index (χ1n) is 10.5. The number of thiophene rings is 1. The molecule has 2 heteroatoms. The maximum Gasteiger partial charge on any atom is 0.0819 e. The van der Waals surface area contributed by atoms with Crippen molar-refractivity contribution in [1.82, 2.24) is 0 Å². The topological polar surface area (TPSA) is 0 Å². The molecule has 0 nitrogen and oxygen atoms in total. The Morgan fingerprint density at radius 3 is 1.61 bits per heavy atom. The normalized spacial score (nSPS) is 14.2. The van der Waals surface area contributed by atoms with Crippen molar-refractivity contribution in [3.8, 4) is 33.4 Å². The van der Waals surface area contributed by atoms with E-state index < -0.39 is 0 Å². The minimum absolute atomic E-state index is 0.251. The van der Waals surface area contributed by atoms with Crippen LogP contribution >= 0.6 is 27.3 Å². The van der Waals surface area contributed by atoms with Gasteiger partial charge in [-0.05, 0) is 54.9 Å². The van der Waals surface area contributed by atoms with Gasteiger partial charge in [0.1, 0.15) is 0 Å². The van der Waals surface area contributed by atoms with Crippen molar-refractivity contribution in [2.24, 2.45) is 0 Å². The molecule has 146 valence electrons. The fraction of sp³-hybridized carbons (Fsp3) is 0.0345. The van der Waals surface area contributed by atoms with Crippen molar-refractivity contribution in [2.75, 3.05) is 0 Å². The zero-order valence-corrected chi connectivity index (χ0v) is 19.0. The van der Waals surface area contributed by atoms with Crippen LogP contribution in [0.1, 0.15) is 21.6 Å². The standard InChI is InChI=1S/C29H17BrS/c30-28-25(18-10-2-1-3-11-18)26-21-14-6-9-17-24(21)29(27(26)31-28)22-15-7-4-12-19(22)20-13-5-8-16-23(20)29/h1-17H. The van der Waals surface area contributed by atoms with Crippen LogP contribution in [0.2, 0.25) is 0 Å². The van der Waals surface area contributed by atoms with E-state index in [0.29, 0.717) is 0 Å². The van der Waals surface area contributed by atoms with Crippen LogP contribution in [0.15, 0.2) is 107 Å². The fourth-order valence-electron chi connectivity index (χ4n) is 5.71. The second kappa shape index (κ2) is 6.29. The van der Waals surface area contributed by atoms with E-state index in [4.69, 9.17) is 0 Å². The molecule has 2 aliphatic rings. The lowest BCUT2D eigenvalue weighted by atomic mass is 9.74. The van der Waals surface area contributed by atoms with E-state index >= 15 is 0 Å². The maximum atomic E-state index is 3.96. The highest BCUT2D eigenvalue weighted by molar-refractivity contribution is 9.11. The molecule has 1 spiro atoms. The first-order chi connectivity index (χ1) is 15.3. The van der Waals surface area contributed by atoms with Gasteiger partial charge in [-0.3, -0.25) is 0 Å². The van der Waals surface area contributed by atoms with E-state index in [1.165, 1.54) is 58.7 Å². The summed E-state index contributed by atoms with van der Waals surface area (Å²) in [5, 5.41) is 0. The summed E-state index contributed by atoms with van der Waals surface area (Å²) >= 11 is 5.85. The number of hydrogen-bond acceptors (Lipinski definition) is 1. The summed E-state index contributed by atoms with van der Waals surface area (Å²) in [4.78, 5) is 1.43. The van der Waals surface area contributed by atoms with Crippen LogP contribution < -0.4 is 0 Å². The Hall–Kier alpha value is -2.94. The third-order valence-corrected chi connectivity index (χ3v) is 8.80. The summed E-state index contributed by atoms with van der Waals surface area (Å²) in [7, 11) is 0. The lowest BCUT2D eigenvalue weighted by Gasteiger charge is -2.29. The van der Waals surface area contributed by atoms with Crippen LogP contribution in [0.3, 0.4) is 0 Å². The molecule has 0 amide bonds. The van der Waals surface area contributed by atoms with E-state index in [1.807, 2.05) is 11.3 Å². The highest BCUT2D eigenvalue weighted by Crippen LogP contribution is 2.67. The average molecular weight is 477 g/mol. The molecule has 1 aromatic heterocycles. The molecule has 0 atom stereocenters. The zero-order valence-electron chi connectivity index (χ0n) is 16.6. The van der Waals surface area contributed by atoms with Gasteiger partial charge in [-0.1, -0.05) is 103 Å². The molecule has 0 aliphatic heterocycles. The Balaban J connectivity index is 1.69. The second-order valence-electron chi connectivity index (χ2n) is 8.21. The summed E-state index contributed by atoms with van der Waals surface area (Å²) < 4.78 is 1.21. The van der Waals surface area contributed by atoms with Crippen molar-refractivity contribution in [2.45, 2.75) is 5.41 Å². The summed E-state index contributed by atoms with van der Waals surface area (Å²) in [6.07, 6.45) is 0. The Morgan fingerprint density at radius 2 is 1.00 bits per heavy atom. The van der Waals surface area contributed by atoms with Crippen molar-refractivity contribution in [3.05, 3.63) is 128 Å². The molecule has 0 saturated carbocycles. The van der Waals surface area contributed by atoms with Gasteiger partial charge in [-0.2, -0.15) is 0 Å². The van der Waals surface area contributed by atoms with Crippen LogP contribution in [-0.4, -0.2) is 0 Å². The van der Waals surface area contributed by atoms with Gasteiger partial charge >= 0.3 is 0 Å². The monoisotopic (exact) mass is 476 g/mol. The Kier molecular flexibility index (Phi) is 3.59. The molecule has 4 aromatic carbocycles. The summed E-state index contributed by atoms with van der Waals surface area (Å²) in [5.41, 5.74) is 12.0. The first-order valence-corrected chi connectivity index (χ1v) is 12.1. The molecular formula is C29H17BrS. The van der Waals surface area contributed by atoms with Crippen molar-refractivity contribution < 1.29 is 0 Å². The number of fused-ring (bicyclic) bond motifs is 10. The average Bonchev–Trinajstić information content (AvgIpc) is 3.42. The molecule has 0 radical (unpaired) electrons. The van der Waals surface area contributed by atoms with Gasteiger partial charge in [0.2, 0.25) is 0 Å². The number of rotatable bonds is 1. The van der Waals surface area contributed by atoms with Gasteiger partial charge in [-0.25, -0.2) is 0 Å². The smallest absolute Gasteiger partial charge is 0.0819 e. The second-order valence-corrected chi connectivity index (χ2v) is 10.5. The molecular weight excluding hydrogens is 460 g/mol. The van der Waals surface area contributed by atoms with Crippen LogP contribution in [-0.2, 0) is 5.41 Å². The van der Waals surface area contributed by atoms with E-state index in [9.17, 15) is 0 Å². The van der Waals surface area contributed by atoms with Crippen molar-refractivity contribution in [3.63, 3.8) is 0 Å². The third kappa shape index (κ3) is 2.10. The molecule has 1 heterocycles. The molecule has 7 rings (SSSR count). The Labute approximate surface area is 194 Å². The van der Waals surface area contributed by atoms with Crippen LogP contribution in [0, 0.1) is 0 Å². The highest BCUT2D eigenvalue weighted by Gasteiger charge is 2.53. The van der Waals surface area contributed by atoms with Gasteiger partial charge in [-0.15, -0.1) is 11.3 Å². The molecule has 2 aliphatic carbocycles. The molecule has 5 aromatic rings. The SMILES string of the molecule is Brc1sc2c(c1-c1ccccc1)-c1ccccc1C21c2ccccc2-c2ccccc21. The Bertz CT molecular complexity index is 1450. The van der Waals surface area contributed by atoms with E-state index in [-0.39, 0.29) is 5.41 Å². The van der Waals surface area contributed by atoms with Gasteiger partial charge in [0.25, 0.3) is 0 Å². The fourth-order valence-corrected chi connectivity index (χ4v) is 7.92. The number of halogens is 1. The zero-order chi connectivity index (χ0) is 20.6. The predicted molar refractivity (Wildman–Crippen MR) is 134 cm³/mol. The minimum Gasteiger partial charge on any atom is -0.130 e. The number of hydrogen-bond donors (Lipinski definition) is 0. The quantitative estimate of drug-likeness (QED) is 0.222. The summed E-state index contributed by atoms with van der Waals surface area (Å²) in [6.45, 7) is 0. The van der Waals surface area contributed by atoms with Crippen LogP contribution in [0.4, 0.5) is 0 Å². The highest BCUT2D eigenvalue weighted by atomic mass is 79.9. The van der Waals surface area contributed by atoms with Crippen molar-refractivity contribution >= 4 is 27.3 Å². The van der Waals surface area contributed by atoms with Crippen molar-refractivity contribution in [1.29, 1.82) is 0 Å². The predicted octanol–water partition coefficient (Wildman–Crippen LogP) is 8.52. The molecule has 0 N–H and O–H groups in total. The van der Waals surface area contributed by atoms with Gasteiger partial charge < -0.3 is 0 Å². The molecule has 0 fully saturated rings. The van der Waals surface area contributed by atoms with Gasteiger partial charge in [0, 0.05) is 16.0 Å². The van der Waals surface area contributed by atoms with E-state index in [2.05, 4.69) is 119 Å². The lowest BCUT2D eigenvalue weighted by Crippen LogP contribution is -2.24. The summed E-state index contributed by atoms with van der Waals surface area (Å²) in [5.74, 6) is 0. The third-order valence-electron chi connectivity index (χ3n) is 6.82. The van der Waals surface area contributed by atoms with E-state index in [1.54, 1.807) is 0 Å². The Morgan fingerprint density at radius 1 is 0.516 bits per heavy atom. The van der Waals surface area contributed by atoms with E-state index in [0.717, 1.165) is 0 Å². The molecule has 31 heavy (non-hydrogen) atoms. The van der Waals surface area contributed by atoms with Gasteiger partial charge in [0.05, 0.1) is 9.20 Å². The molecule has 0 bridgehead atoms. The van der Waals surface area contributed by atoms with Crippen LogP contribution in [0.5, 0.6) is 0 Å².